The van der Waals surface area contributed by atoms with E-state index in [4.69, 9.17) is 11.6 Å². The number of halogens is 4. The van der Waals surface area contributed by atoms with E-state index >= 15 is 0 Å². The first-order valence-corrected chi connectivity index (χ1v) is 7.10. The molecule has 2 aromatic rings. The van der Waals surface area contributed by atoms with Crippen LogP contribution >= 0.6 is 34.2 Å². The van der Waals surface area contributed by atoms with Gasteiger partial charge in [0.15, 0.2) is 0 Å². The van der Waals surface area contributed by atoms with Crippen LogP contribution in [0.1, 0.15) is 18.5 Å². The zero-order chi connectivity index (χ0) is 14.0. The van der Waals surface area contributed by atoms with E-state index < -0.39 is 17.7 Å². The summed E-state index contributed by atoms with van der Waals surface area (Å²) in [6.45, 7) is 1.71. The van der Waals surface area contributed by atoms with Crippen LogP contribution in [0.15, 0.2) is 36.4 Å². The first kappa shape index (κ1) is 14.5. The normalized spacial score (nSPS) is 12.3. The van der Waals surface area contributed by atoms with Crippen molar-refractivity contribution >= 4 is 39.9 Å². The molecule has 0 aromatic heterocycles. The molecule has 0 bridgehead atoms. The van der Waals surface area contributed by atoms with Gasteiger partial charge in [-0.2, -0.15) is 0 Å². The highest BCUT2D eigenvalue weighted by Crippen LogP contribution is 2.28. The van der Waals surface area contributed by atoms with Gasteiger partial charge in [-0.15, -0.1) is 0 Å². The fourth-order valence-corrected chi connectivity index (χ4v) is 2.86. The van der Waals surface area contributed by atoms with Crippen LogP contribution in [0.4, 0.5) is 14.5 Å². The monoisotopic (exact) mass is 393 g/mol. The number of benzene rings is 2. The Morgan fingerprint density at radius 1 is 1.16 bits per heavy atom. The second-order valence-corrected chi connectivity index (χ2v) is 5.72. The van der Waals surface area contributed by atoms with E-state index in [9.17, 15) is 8.78 Å². The molecule has 19 heavy (non-hydrogen) atoms. The molecule has 0 spiro atoms. The Labute approximate surface area is 129 Å². The van der Waals surface area contributed by atoms with Gasteiger partial charge in [0.1, 0.15) is 11.6 Å². The zero-order valence-corrected chi connectivity index (χ0v) is 13.0. The summed E-state index contributed by atoms with van der Waals surface area (Å²) in [5, 5.41) is 3.71. The molecule has 1 N–H and O–H groups in total. The third kappa shape index (κ3) is 3.36. The minimum atomic E-state index is -0.552. The van der Waals surface area contributed by atoms with Crippen molar-refractivity contribution in [2.45, 2.75) is 13.0 Å². The van der Waals surface area contributed by atoms with Crippen LogP contribution < -0.4 is 5.32 Å². The zero-order valence-electron chi connectivity index (χ0n) is 10.1. The maximum absolute atomic E-state index is 13.7. The SMILES string of the molecule is CC(Nc1ccc(Cl)cc1I)c1c(F)cccc1F. The summed E-state index contributed by atoms with van der Waals surface area (Å²) >= 11 is 7.99. The van der Waals surface area contributed by atoms with E-state index in [1.807, 2.05) is 0 Å². The summed E-state index contributed by atoms with van der Waals surface area (Å²) in [5.74, 6) is -1.10. The van der Waals surface area contributed by atoms with Gasteiger partial charge in [0.25, 0.3) is 0 Å². The molecule has 1 nitrogen and oxygen atoms in total. The number of hydrogen-bond donors (Lipinski definition) is 1. The minimum absolute atomic E-state index is 0.0354. The lowest BCUT2D eigenvalue weighted by molar-refractivity contribution is 0.544. The van der Waals surface area contributed by atoms with Gasteiger partial charge < -0.3 is 5.32 Å². The van der Waals surface area contributed by atoms with Crippen LogP contribution in [0.5, 0.6) is 0 Å². The Bertz CT molecular complexity index is 584. The second-order valence-electron chi connectivity index (χ2n) is 4.13. The van der Waals surface area contributed by atoms with E-state index in [0.717, 1.165) is 9.26 Å². The van der Waals surface area contributed by atoms with Gasteiger partial charge in [-0.05, 0) is 59.8 Å². The molecule has 100 valence electrons. The van der Waals surface area contributed by atoms with E-state index in [1.165, 1.54) is 18.2 Å². The first-order valence-electron chi connectivity index (χ1n) is 5.64. The average molecular weight is 394 g/mol. The standard InChI is InChI=1S/C14H11ClF2IN/c1-8(14-10(16)3-2-4-11(14)17)19-13-6-5-9(15)7-12(13)18/h2-8,19H,1H3. The van der Waals surface area contributed by atoms with Crippen molar-refractivity contribution in [1.82, 2.24) is 0 Å². The maximum atomic E-state index is 13.7. The Balaban J connectivity index is 2.28. The highest BCUT2D eigenvalue weighted by molar-refractivity contribution is 14.1. The Morgan fingerprint density at radius 3 is 2.37 bits per heavy atom. The van der Waals surface area contributed by atoms with Gasteiger partial charge in [-0.25, -0.2) is 8.78 Å². The second kappa shape index (κ2) is 6.05. The molecule has 0 aliphatic rings. The van der Waals surface area contributed by atoms with Gasteiger partial charge in [0.2, 0.25) is 0 Å². The van der Waals surface area contributed by atoms with E-state index in [0.29, 0.717) is 5.02 Å². The highest BCUT2D eigenvalue weighted by Gasteiger charge is 2.16. The fourth-order valence-electron chi connectivity index (χ4n) is 1.84. The van der Waals surface area contributed by atoms with Crippen molar-refractivity contribution in [3.63, 3.8) is 0 Å². The van der Waals surface area contributed by atoms with Gasteiger partial charge in [0, 0.05) is 19.8 Å². The van der Waals surface area contributed by atoms with Crippen LogP contribution in [-0.4, -0.2) is 0 Å². The van der Waals surface area contributed by atoms with Crippen LogP contribution in [0.2, 0.25) is 5.02 Å². The molecule has 0 radical (unpaired) electrons. The third-order valence-electron chi connectivity index (χ3n) is 2.74. The lowest BCUT2D eigenvalue weighted by Crippen LogP contribution is -2.11. The van der Waals surface area contributed by atoms with Crippen molar-refractivity contribution in [1.29, 1.82) is 0 Å². The van der Waals surface area contributed by atoms with Crippen molar-refractivity contribution in [3.8, 4) is 0 Å². The summed E-state index contributed by atoms with van der Waals surface area (Å²) in [6.07, 6.45) is 0. The smallest absolute Gasteiger partial charge is 0.131 e. The lowest BCUT2D eigenvalue weighted by Gasteiger charge is -2.18. The highest BCUT2D eigenvalue weighted by atomic mass is 127. The summed E-state index contributed by atoms with van der Waals surface area (Å²) in [7, 11) is 0. The van der Waals surface area contributed by atoms with Crippen LogP contribution in [0.25, 0.3) is 0 Å². The van der Waals surface area contributed by atoms with Gasteiger partial charge >= 0.3 is 0 Å². The summed E-state index contributed by atoms with van der Waals surface area (Å²) in [6, 6.07) is 8.70. The number of rotatable bonds is 3. The van der Waals surface area contributed by atoms with Crippen molar-refractivity contribution in [2.75, 3.05) is 5.32 Å². The molecule has 2 aromatic carbocycles. The molecule has 1 atom stereocenters. The number of hydrogen-bond acceptors (Lipinski definition) is 1. The molecular weight excluding hydrogens is 383 g/mol. The molecule has 0 saturated heterocycles. The summed E-state index contributed by atoms with van der Waals surface area (Å²) in [5.41, 5.74) is 0.827. The first-order chi connectivity index (χ1) is 8.99. The molecule has 0 fully saturated rings. The molecule has 0 saturated carbocycles. The maximum Gasteiger partial charge on any atom is 0.131 e. The molecule has 0 heterocycles. The quantitative estimate of drug-likeness (QED) is 0.689. The Kier molecular flexibility index (Phi) is 4.62. The van der Waals surface area contributed by atoms with E-state index in [-0.39, 0.29) is 5.56 Å². The summed E-state index contributed by atoms with van der Waals surface area (Å²) in [4.78, 5) is 0. The van der Waals surface area contributed by atoms with Gasteiger partial charge in [-0.1, -0.05) is 17.7 Å². The predicted molar refractivity (Wildman–Crippen MR) is 82.6 cm³/mol. The molecule has 1 unspecified atom stereocenters. The van der Waals surface area contributed by atoms with Crippen LogP contribution in [-0.2, 0) is 0 Å². The Hall–Kier alpha value is -0.880. The molecule has 0 aliphatic heterocycles. The number of nitrogens with one attached hydrogen (secondary N) is 1. The molecule has 2 rings (SSSR count). The number of anilines is 1. The van der Waals surface area contributed by atoms with Crippen molar-refractivity contribution in [2.24, 2.45) is 0 Å². The lowest BCUT2D eigenvalue weighted by atomic mass is 10.1. The Morgan fingerprint density at radius 2 is 1.79 bits per heavy atom. The fraction of sp³-hybridized carbons (Fsp3) is 0.143. The van der Waals surface area contributed by atoms with Crippen molar-refractivity contribution in [3.05, 3.63) is 62.2 Å². The predicted octanol–water partition coefficient (Wildman–Crippen LogP) is 5.40. The van der Waals surface area contributed by atoms with Crippen molar-refractivity contribution < 1.29 is 8.78 Å². The molecule has 0 aliphatic carbocycles. The third-order valence-corrected chi connectivity index (χ3v) is 3.86. The molecule has 0 amide bonds. The minimum Gasteiger partial charge on any atom is -0.377 e. The molecular formula is C14H11ClF2IN. The van der Waals surface area contributed by atoms with Gasteiger partial charge in [0.05, 0.1) is 6.04 Å². The largest absolute Gasteiger partial charge is 0.377 e. The summed E-state index contributed by atoms with van der Waals surface area (Å²) < 4.78 is 28.2. The van der Waals surface area contributed by atoms with E-state index in [2.05, 4.69) is 27.9 Å². The average Bonchev–Trinajstić information content (AvgIpc) is 2.32. The van der Waals surface area contributed by atoms with Crippen LogP contribution in [0, 0.1) is 15.2 Å². The van der Waals surface area contributed by atoms with E-state index in [1.54, 1.807) is 25.1 Å². The van der Waals surface area contributed by atoms with Gasteiger partial charge in [-0.3, -0.25) is 0 Å². The topological polar surface area (TPSA) is 12.0 Å². The molecule has 5 heteroatoms. The van der Waals surface area contributed by atoms with Crippen LogP contribution in [0.3, 0.4) is 0 Å².